The summed E-state index contributed by atoms with van der Waals surface area (Å²) in [6.07, 6.45) is 0.612. The van der Waals surface area contributed by atoms with Gasteiger partial charge in [-0.3, -0.25) is 9.59 Å². The summed E-state index contributed by atoms with van der Waals surface area (Å²) >= 11 is 0. The Kier molecular flexibility index (Phi) is 5.22. The first-order valence-electron chi connectivity index (χ1n) is 7.07. The fraction of sp³-hybridized carbons (Fsp3) is 0.429. The van der Waals surface area contributed by atoms with E-state index in [1.807, 2.05) is 0 Å². The highest BCUT2D eigenvalue weighted by molar-refractivity contribution is 7.89. The molecule has 1 aliphatic heterocycles. The molecule has 1 aromatic carbocycles. The van der Waals surface area contributed by atoms with Gasteiger partial charge in [0.2, 0.25) is 10.0 Å². The lowest BCUT2D eigenvalue weighted by Crippen LogP contribution is -2.40. The van der Waals surface area contributed by atoms with Crippen molar-refractivity contribution >= 4 is 27.6 Å². The van der Waals surface area contributed by atoms with Crippen LogP contribution in [0.1, 0.15) is 19.8 Å². The number of hydrogen-bond acceptors (Lipinski definition) is 6. The number of sulfonamides is 1. The van der Waals surface area contributed by atoms with Crippen molar-refractivity contribution in [1.29, 1.82) is 0 Å². The summed E-state index contributed by atoms with van der Waals surface area (Å²) in [6, 6.07) is 5.79. The average molecular weight is 342 g/mol. The molecule has 0 aliphatic carbocycles. The number of benzene rings is 1. The Balaban J connectivity index is 2.05. The van der Waals surface area contributed by atoms with Gasteiger partial charge in [0, 0.05) is 20.0 Å². The first kappa shape index (κ1) is 17.2. The van der Waals surface area contributed by atoms with Gasteiger partial charge < -0.3 is 9.94 Å². The Morgan fingerprint density at radius 2 is 1.78 bits per heavy atom. The van der Waals surface area contributed by atoms with Crippen molar-refractivity contribution in [2.45, 2.75) is 24.7 Å². The predicted molar refractivity (Wildman–Crippen MR) is 80.9 cm³/mol. The zero-order valence-electron chi connectivity index (χ0n) is 12.6. The van der Waals surface area contributed by atoms with Gasteiger partial charge in [-0.15, -0.1) is 0 Å². The van der Waals surface area contributed by atoms with Gasteiger partial charge in [0.05, 0.1) is 16.5 Å². The quantitative estimate of drug-likeness (QED) is 0.769. The number of carboxylic acid groups (broad SMARTS) is 1. The molecule has 1 aliphatic rings. The number of anilines is 1. The predicted octanol–water partition coefficient (Wildman–Crippen LogP) is 1.06. The molecule has 0 radical (unpaired) electrons. The van der Waals surface area contributed by atoms with Crippen molar-refractivity contribution in [2.75, 3.05) is 18.6 Å². The molecule has 0 spiro atoms. The van der Waals surface area contributed by atoms with Crippen LogP contribution in [0.3, 0.4) is 0 Å². The van der Waals surface area contributed by atoms with Gasteiger partial charge in [-0.05, 0) is 37.1 Å². The van der Waals surface area contributed by atoms with Crippen molar-refractivity contribution in [3.63, 3.8) is 0 Å². The molecule has 23 heavy (non-hydrogen) atoms. The number of rotatable bonds is 5. The van der Waals surface area contributed by atoms with E-state index in [4.69, 9.17) is 5.11 Å². The van der Waals surface area contributed by atoms with Gasteiger partial charge in [0.25, 0.3) is 0 Å². The molecule has 0 aromatic heterocycles. The van der Waals surface area contributed by atoms with E-state index < -0.39 is 27.9 Å². The standard InChI is InChI=1S/C14H18N2O6S/c1-10(17)22-15-12-2-4-13(5-3-12)23(20,21)16-8-6-11(7-9-16)14(18)19/h2-5,11,15H,6-9H2,1H3,(H,18,19). The van der Waals surface area contributed by atoms with E-state index in [0.717, 1.165) is 0 Å². The summed E-state index contributed by atoms with van der Waals surface area (Å²) in [5, 5.41) is 8.95. The second-order valence-corrected chi connectivity index (χ2v) is 7.17. The van der Waals surface area contributed by atoms with Crippen LogP contribution in [-0.4, -0.2) is 42.9 Å². The monoisotopic (exact) mass is 342 g/mol. The highest BCUT2D eigenvalue weighted by Gasteiger charge is 2.31. The summed E-state index contributed by atoms with van der Waals surface area (Å²) in [5.74, 6) is -1.89. The lowest BCUT2D eigenvalue weighted by atomic mass is 9.99. The molecule has 2 N–H and O–H groups in total. The van der Waals surface area contributed by atoms with Crippen LogP contribution in [0.5, 0.6) is 0 Å². The zero-order valence-corrected chi connectivity index (χ0v) is 13.4. The Bertz CT molecular complexity index is 678. The summed E-state index contributed by atoms with van der Waals surface area (Å²) in [6.45, 7) is 1.62. The molecular weight excluding hydrogens is 324 g/mol. The van der Waals surface area contributed by atoms with Gasteiger partial charge in [0.15, 0.2) is 0 Å². The normalized spacial score (nSPS) is 16.7. The molecule has 1 fully saturated rings. The minimum absolute atomic E-state index is 0.111. The number of aliphatic carboxylic acids is 1. The highest BCUT2D eigenvalue weighted by atomic mass is 32.2. The van der Waals surface area contributed by atoms with E-state index in [2.05, 4.69) is 10.3 Å². The van der Waals surface area contributed by atoms with Crippen LogP contribution in [0.2, 0.25) is 0 Å². The van der Waals surface area contributed by atoms with Gasteiger partial charge in [-0.1, -0.05) is 0 Å². The van der Waals surface area contributed by atoms with E-state index in [9.17, 15) is 18.0 Å². The number of carbonyl (C=O) groups excluding carboxylic acids is 1. The maximum atomic E-state index is 12.5. The third-order valence-corrected chi connectivity index (χ3v) is 5.52. The van der Waals surface area contributed by atoms with Crippen LogP contribution < -0.4 is 5.48 Å². The van der Waals surface area contributed by atoms with Crippen LogP contribution >= 0.6 is 0 Å². The molecule has 0 saturated carbocycles. The first-order valence-corrected chi connectivity index (χ1v) is 8.51. The van der Waals surface area contributed by atoms with Gasteiger partial charge >= 0.3 is 11.9 Å². The maximum Gasteiger partial charge on any atom is 0.329 e. The van der Waals surface area contributed by atoms with Gasteiger partial charge in [-0.2, -0.15) is 4.31 Å². The van der Waals surface area contributed by atoms with Crippen LogP contribution in [-0.2, 0) is 24.4 Å². The van der Waals surface area contributed by atoms with Crippen molar-refractivity contribution in [2.24, 2.45) is 5.92 Å². The Morgan fingerprint density at radius 1 is 1.22 bits per heavy atom. The van der Waals surface area contributed by atoms with Crippen molar-refractivity contribution in [1.82, 2.24) is 4.31 Å². The first-order chi connectivity index (χ1) is 10.8. The maximum absolute atomic E-state index is 12.5. The van der Waals surface area contributed by atoms with E-state index in [1.165, 1.54) is 35.5 Å². The average Bonchev–Trinajstić information content (AvgIpc) is 2.53. The third kappa shape index (κ3) is 4.20. The summed E-state index contributed by atoms with van der Waals surface area (Å²) in [7, 11) is -3.65. The second kappa shape index (κ2) is 6.97. The number of nitrogens with one attached hydrogen (secondary N) is 1. The zero-order chi connectivity index (χ0) is 17.0. The number of nitrogens with zero attached hydrogens (tertiary/aromatic N) is 1. The van der Waals surface area contributed by atoms with E-state index >= 15 is 0 Å². The van der Waals surface area contributed by atoms with Crippen molar-refractivity contribution < 1.29 is 28.0 Å². The van der Waals surface area contributed by atoms with E-state index in [-0.39, 0.29) is 18.0 Å². The summed E-state index contributed by atoms with van der Waals surface area (Å²) in [5.41, 5.74) is 2.85. The van der Waals surface area contributed by atoms with E-state index in [1.54, 1.807) is 0 Å². The minimum atomic E-state index is -3.65. The van der Waals surface area contributed by atoms with Crippen LogP contribution in [0.4, 0.5) is 5.69 Å². The lowest BCUT2D eigenvalue weighted by molar-refractivity contribution is -0.143. The molecule has 126 valence electrons. The van der Waals surface area contributed by atoms with Crippen molar-refractivity contribution in [3.05, 3.63) is 24.3 Å². The Hall–Kier alpha value is -2.13. The SMILES string of the molecule is CC(=O)ONc1ccc(S(=O)(=O)N2CCC(C(=O)O)CC2)cc1. The Labute approximate surface area is 134 Å². The Morgan fingerprint density at radius 3 is 2.26 bits per heavy atom. The molecule has 1 saturated heterocycles. The number of piperidine rings is 1. The molecule has 0 unspecified atom stereocenters. The van der Waals surface area contributed by atoms with Crippen molar-refractivity contribution in [3.8, 4) is 0 Å². The number of hydrogen-bond donors (Lipinski definition) is 2. The molecule has 0 atom stereocenters. The topological polar surface area (TPSA) is 113 Å². The largest absolute Gasteiger partial charge is 0.481 e. The molecular formula is C14H18N2O6S. The minimum Gasteiger partial charge on any atom is -0.481 e. The lowest BCUT2D eigenvalue weighted by Gasteiger charge is -2.29. The number of carbonyl (C=O) groups is 2. The summed E-state index contributed by atoms with van der Waals surface area (Å²) < 4.78 is 26.3. The molecule has 8 nitrogen and oxygen atoms in total. The molecule has 0 amide bonds. The van der Waals surface area contributed by atoms with Crippen LogP contribution in [0, 0.1) is 5.92 Å². The summed E-state index contributed by atoms with van der Waals surface area (Å²) in [4.78, 5) is 26.3. The molecule has 2 rings (SSSR count). The molecule has 0 bridgehead atoms. The third-order valence-electron chi connectivity index (χ3n) is 3.61. The van der Waals surface area contributed by atoms with Gasteiger partial charge in [0.1, 0.15) is 0 Å². The smallest absolute Gasteiger partial charge is 0.329 e. The van der Waals surface area contributed by atoms with Crippen LogP contribution in [0.15, 0.2) is 29.2 Å². The molecule has 1 heterocycles. The fourth-order valence-electron chi connectivity index (χ4n) is 2.32. The fourth-order valence-corrected chi connectivity index (χ4v) is 3.79. The van der Waals surface area contributed by atoms with Gasteiger partial charge in [-0.25, -0.2) is 13.9 Å². The highest BCUT2D eigenvalue weighted by Crippen LogP contribution is 2.24. The van der Waals surface area contributed by atoms with Crippen LogP contribution in [0.25, 0.3) is 0 Å². The van der Waals surface area contributed by atoms with E-state index in [0.29, 0.717) is 18.5 Å². The second-order valence-electron chi connectivity index (χ2n) is 5.24. The number of carboxylic acids is 1. The molecule has 1 aromatic rings. The molecule has 9 heteroatoms.